The summed E-state index contributed by atoms with van der Waals surface area (Å²) in [5.74, 6) is -1.20. The average molecular weight is 344 g/mol. The fourth-order valence-corrected chi connectivity index (χ4v) is 2.38. The zero-order valence-electron chi connectivity index (χ0n) is 12.9. The van der Waals surface area contributed by atoms with E-state index in [9.17, 15) is 14.4 Å². The van der Waals surface area contributed by atoms with Gasteiger partial charge in [0, 0.05) is 24.4 Å². The molecule has 0 aliphatic carbocycles. The first-order valence-electron chi connectivity index (χ1n) is 7.07. The van der Waals surface area contributed by atoms with E-state index in [1.54, 1.807) is 30.3 Å². The van der Waals surface area contributed by atoms with Crippen molar-refractivity contribution in [3.05, 3.63) is 52.7 Å². The first-order valence-corrected chi connectivity index (χ1v) is 8.02. The normalized spacial score (nSPS) is 10.4. The molecule has 124 valence electrons. The predicted molar refractivity (Wildman–Crippen MR) is 93.7 cm³/mol. The van der Waals surface area contributed by atoms with Crippen LogP contribution in [0.5, 0.6) is 0 Å². The molecule has 2 aromatic rings. The Kier molecular flexibility index (Phi) is 6.27. The lowest BCUT2D eigenvalue weighted by atomic mass is 10.2. The Hall–Kier alpha value is -2.93. The Morgan fingerprint density at radius 3 is 2.33 bits per heavy atom. The van der Waals surface area contributed by atoms with Gasteiger partial charge in [-0.3, -0.25) is 9.59 Å². The summed E-state index contributed by atoms with van der Waals surface area (Å²) in [5, 5.41) is 9.01. The zero-order chi connectivity index (χ0) is 17.4. The molecular formula is C17H16N2O4S. The molecule has 1 aromatic heterocycles. The summed E-state index contributed by atoms with van der Waals surface area (Å²) in [4.78, 5) is 34.2. The number of hydrogen-bond donors (Lipinski definition) is 2. The molecule has 6 nitrogen and oxygen atoms in total. The largest absolute Gasteiger partial charge is 0.452 e. The molecule has 0 radical (unpaired) electrons. The number of rotatable bonds is 6. The van der Waals surface area contributed by atoms with Crippen LogP contribution in [-0.2, 0) is 19.1 Å². The van der Waals surface area contributed by atoms with E-state index in [-0.39, 0.29) is 12.5 Å². The number of carbonyl (C=O) groups is 3. The highest BCUT2D eigenvalue weighted by Crippen LogP contribution is 2.13. The van der Waals surface area contributed by atoms with Gasteiger partial charge in [0.25, 0.3) is 5.91 Å². The number of thiophene rings is 1. The number of carbonyl (C=O) groups excluding carboxylic acids is 3. The van der Waals surface area contributed by atoms with Gasteiger partial charge in [-0.05, 0) is 52.7 Å². The fraction of sp³-hybridized carbons (Fsp3) is 0.118. The monoisotopic (exact) mass is 344 g/mol. The van der Waals surface area contributed by atoms with E-state index in [1.807, 2.05) is 16.8 Å². The minimum atomic E-state index is -0.586. The van der Waals surface area contributed by atoms with Gasteiger partial charge in [-0.25, -0.2) is 4.79 Å². The van der Waals surface area contributed by atoms with E-state index >= 15 is 0 Å². The van der Waals surface area contributed by atoms with Crippen LogP contribution in [0.25, 0.3) is 6.08 Å². The molecule has 2 amide bonds. The summed E-state index contributed by atoms with van der Waals surface area (Å²) in [7, 11) is 0. The molecule has 0 unspecified atom stereocenters. The summed E-state index contributed by atoms with van der Waals surface area (Å²) in [6.07, 6.45) is 2.90. The summed E-state index contributed by atoms with van der Waals surface area (Å²) in [6.45, 7) is 1.04. The van der Waals surface area contributed by atoms with Gasteiger partial charge in [0.1, 0.15) is 0 Å². The van der Waals surface area contributed by atoms with Gasteiger partial charge in [-0.2, -0.15) is 11.3 Å². The van der Waals surface area contributed by atoms with Crippen molar-refractivity contribution in [3.63, 3.8) is 0 Å². The molecule has 2 N–H and O–H groups in total. The maximum Gasteiger partial charge on any atom is 0.331 e. The van der Waals surface area contributed by atoms with Crippen LogP contribution in [0.3, 0.4) is 0 Å². The molecule has 0 saturated carbocycles. The highest BCUT2D eigenvalue weighted by atomic mass is 32.1. The molecule has 0 aliphatic heterocycles. The standard InChI is InChI=1S/C17H16N2O4S/c1-12(20)18-14-3-5-15(6-4-14)19-16(21)10-23-17(22)7-2-13-8-9-24-11-13/h2-9,11H,10H2,1H3,(H,18,20)(H,19,21)/b7-2+. The van der Waals surface area contributed by atoms with Gasteiger partial charge in [0.2, 0.25) is 5.91 Å². The predicted octanol–water partition coefficient (Wildman–Crippen LogP) is 2.90. The quantitative estimate of drug-likeness (QED) is 0.623. The van der Waals surface area contributed by atoms with E-state index < -0.39 is 11.9 Å². The van der Waals surface area contributed by atoms with E-state index in [4.69, 9.17) is 4.74 Å². The molecule has 24 heavy (non-hydrogen) atoms. The molecule has 0 spiro atoms. The first-order chi connectivity index (χ1) is 11.5. The van der Waals surface area contributed by atoms with Crippen molar-refractivity contribution in [2.24, 2.45) is 0 Å². The van der Waals surface area contributed by atoms with Gasteiger partial charge in [-0.1, -0.05) is 0 Å². The molecular weight excluding hydrogens is 328 g/mol. The highest BCUT2D eigenvalue weighted by Gasteiger charge is 2.06. The molecule has 0 saturated heterocycles. The Labute approximate surface area is 143 Å². The van der Waals surface area contributed by atoms with Crippen LogP contribution in [0.2, 0.25) is 0 Å². The third-order valence-electron chi connectivity index (χ3n) is 2.79. The molecule has 0 atom stereocenters. The van der Waals surface area contributed by atoms with Crippen molar-refractivity contribution in [1.82, 2.24) is 0 Å². The van der Waals surface area contributed by atoms with Gasteiger partial charge in [0.15, 0.2) is 6.61 Å². The Bertz CT molecular complexity index is 736. The van der Waals surface area contributed by atoms with E-state index in [1.165, 1.54) is 24.3 Å². The van der Waals surface area contributed by atoms with E-state index in [0.717, 1.165) is 5.56 Å². The van der Waals surface area contributed by atoms with Gasteiger partial charge < -0.3 is 15.4 Å². The van der Waals surface area contributed by atoms with Crippen molar-refractivity contribution in [1.29, 1.82) is 0 Å². The van der Waals surface area contributed by atoms with Crippen LogP contribution in [0.1, 0.15) is 12.5 Å². The molecule has 2 rings (SSSR count). The topological polar surface area (TPSA) is 84.5 Å². The number of anilines is 2. The van der Waals surface area contributed by atoms with Crippen LogP contribution in [0, 0.1) is 0 Å². The lowest BCUT2D eigenvalue weighted by Crippen LogP contribution is -2.20. The summed E-state index contributed by atoms with van der Waals surface area (Å²) >= 11 is 1.52. The summed E-state index contributed by atoms with van der Waals surface area (Å²) < 4.78 is 4.86. The zero-order valence-corrected chi connectivity index (χ0v) is 13.8. The molecule has 1 heterocycles. The lowest BCUT2D eigenvalue weighted by Gasteiger charge is -2.07. The minimum absolute atomic E-state index is 0.172. The van der Waals surface area contributed by atoms with Gasteiger partial charge in [0.05, 0.1) is 0 Å². The fourth-order valence-electron chi connectivity index (χ4n) is 1.76. The third kappa shape index (κ3) is 6.05. The lowest BCUT2D eigenvalue weighted by molar-refractivity contribution is -0.142. The minimum Gasteiger partial charge on any atom is -0.452 e. The van der Waals surface area contributed by atoms with Crippen molar-refractivity contribution in [2.45, 2.75) is 6.92 Å². The number of ether oxygens (including phenoxy) is 1. The number of hydrogen-bond acceptors (Lipinski definition) is 5. The van der Waals surface area contributed by atoms with Gasteiger partial charge >= 0.3 is 5.97 Å². The Morgan fingerprint density at radius 2 is 1.75 bits per heavy atom. The Balaban J connectivity index is 1.76. The van der Waals surface area contributed by atoms with Gasteiger partial charge in [-0.15, -0.1) is 0 Å². The van der Waals surface area contributed by atoms with Crippen LogP contribution >= 0.6 is 11.3 Å². The molecule has 1 aromatic carbocycles. The number of nitrogens with one attached hydrogen (secondary N) is 2. The van der Waals surface area contributed by atoms with Crippen molar-refractivity contribution >= 4 is 46.6 Å². The molecule has 0 bridgehead atoms. The second kappa shape index (κ2) is 8.64. The van der Waals surface area contributed by atoms with Crippen LogP contribution in [0.4, 0.5) is 11.4 Å². The van der Waals surface area contributed by atoms with Crippen molar-refractivity contribution in [2.75, 3.05) is 17.2 Å². The first kappa shape index (κ1) is 17.4. The van der Waals surface area contributed by atoms with Crippen LogP contribution in [0.15, 0.2) is 47.2 Å². The molecule has 7 heteroatoms. The third-order valence-corrected chi connectivity index (χ3v) is 3.49. The summed E-state index contributed by atoms with van der Waals surface area (Å²) in [5.41, 5.74) is 2.07. The SMILES string of the molecule is CC(=O)Nc1ccc(NC(=O)COC(=O)/C=C/c2ccsc2)cc1. The average Bonchev–Trinajstić information content (AvgIpc) is 3.06. The van der Waals surface area contributed by atoms with E-state index in [2.05, 4.69) is 10.6 Å². The highest BCUT2D eigenvalue weighted by molar-refractivity contribution is 7.08. The number of amides is 2. The smallest absolute Gasteiger partial charge is 0.331 e. The van der Waals surface area contributed by atoms with Crippen LogP contribution in [-0.4, -0.2) is 24.4 Å². The van der Waals surface area contributed by atoms with Crippen LogP contribution < -0.4 is 10.6 Å². The second-order valence-electron chi connectivity index (χ2n) is 4.80. The number of esters is 1. The van der Waals surface area contributed by atoms with E-state index in [0.29, 0.717) is 11.4 Å². The number of benzene rings is 1. The van der Waals surface area contributed by atoms with Crippen molar-refractivity contribution < 1.29 is 19.1 Å². The maximum atomic E-state index is 11.7. The molecule has 0 fully saturated rings. The van der Waals surface area contributed by atoms with Crippen molar-refractivity contribution in [3.8, 4) is 0 Å². The Morgan fingerprint density at radius 1 is 1.08 bits per heavy atom. The second-order valence-corrected chi connectivity index (χ2v) is 5.58. The molecule has 0 aliphatic rings. The summed E-state index contributed by atoms with van der Waals surface area (Å²) in [6, 6.07) is 8.47. The maximum absolute atomic E-state index is 11.7.